The summed E-state index contributed by atoms with van der Waals surface area (Å²) in [5.74, 6) is -0.714. The second-order valence-corrected chi connectivity index (χ2v) is 6.72. The summed E-state index contributed by atoms with van der Waals surface area (Å²) in [5, 5.41) is 0. The van der Waals surface area contributed by atoms with E-state index in [-0.39, 0.29) is 11.9 Å². The van der Waals surface area contributed by atoms with Crippen molar-refractivity contribution in [3.05, 3.63) is 33.9 Å². The number of nitrogens with one attached hydrogen (secondary N) is 2. The molecule has 2 aromatic heterocycles. The molecule has 2 N–H and O–H groups in total. The van der Waals surface area contributed by atoms with E-state index in [1.165, 1.54) is 11.8 Å². The Balaban J connectivity index is 2.38. The Morgan fingerprint density at radius 1 is 0.800 bits per heavy atom. The van der Waals surface area contributed by atoms with Crippen LogP contribution >= 0.6 is 11.8 Å². The number of aromatic nitrogens is 2. The molecule has 2 rings (SSSR count). The zero-order chi connectivity index (χ0) is 18.7. The van der Waals surface area contributed by atoms with E-state index in [0.29, 0.717) is 24.6 Å². The molecular formula is C18H24N2O4S. The van der Waals surface area contributed by atoms with Gasteiger partial charge in [0.25, 0.3) is 0 Å². The molecule has 7 heteroatoms. The zero-order valence-corrected chi connectivity index (χ0v) is 16.3. The third-order valence-electron chi connectivity index (χ3n) is 3.90. The molecule has 0 aliphatic carbocycles. The highest BCUT2D eigenvalue weighted by Gasteiger charge is 2.23. The molecule has 0 saturated carbocycles. The molecule has 0 fully saturated rings. The van der Waals surface area contributed by atoms with Crippen LogP contribution in [0, 0.1) is 27.7 Å². The highest BCUT2D eigenvalue weighted by atomic mass is 32.2. The lowest BCUT2D eigenvalue weighted by Gasteiger charge is -2.05. The van der Waals surface area contributed by atoms with Crippen LogP contribution < -0.4 is 0 Å². The normalized spacial score (nSPS) is 10.8. The van der Waals surface area contributed by atoms with Gasteiger partial charge in [-0.3, -0.25) is 0 Å². The number of carbonyl (C=O) groups is 2. The summed E-state index contributed by atoms with van der Waals surface area (Å²) in [7, 11) is 0. The molecule has 0 amide bonds. The van der Waals surface area contributed by atoms with E-state index < -0.39 is 0 Å². The molecule has 0 spiro atoms. The Hall–Kier alpha value is -2.15. The fraction of sp³-hybridized carbons (Fsp3) is 0.444. The third-order valence-corrected chi connectivity index (χ3v) is 5.53. The predicted octanol–water partition coefficient (Wildman–Crippen LogP) is 4.08. The largest absolute Gasteiger partial charge is 0.461 e. The number of aryl methyl sites for hydroxylation is 2. The smallest absolute Gasteiger partial charge is 0.355 e. The highest BCUT2D eigenvalue weighted by Crippen LogP contribution is 2.39. The van der Waals surface area contributed by atoms with Crippen molar-refractivity contribution in [3.8, 4) is 0 Å². The van der Waals surface area contributed by atoms with Gasteiger partial charge in [-0.2, -0.15) is 0 Å². The van der Waals surface area contributed by atoms with E-state index in [0.717, 1.165) is 32.3 Å². The van der Waals surface area contributed by atoms with Crippen molar-refractivity contribution < 1.29 is 19.1 Å². The number of hydrogen-bond acceptors (Lipinski definition) is 5. The van der Waals surface area contributed by atoms with Crippen molar-refractivity contribution in [2.24, 2.45) is 0 Å². The van der Waals surface area contributed by atoms with Crippen LogP contribution in [0.15, 0.2) is 9.79 Å². The fourth-order valence-corrected chi connectivity index (χ4v) is 3.81. The van der Waals surface area contributed by atoms with Gasteiger partial charge < -0.3 is 19.4 Å². The monoisotopic (exact) mass is 364 g/mol. The molecule has 25 heavy (non-hydrogen) atoms. The topological polar surface area (TPSA) is 84.2 Å². The number of H-pyrrole nitrogens is 2. The van der Waals surface area contributed by atoms with Gasteiger partial charge in [0.05, 0.1) is 13.2 Å². The summed E-state index contributed by atoms with van der Waals surface area (Å²) in [6.45, 7) is 11.8. The van der Waals surface area contributed by atoms with E-state index in [2.05, 4.69) is 9.97 Å². The summed E-state index contributed by atoms with van der Waals surface area (Å²) in [6, 6.07) is 0. The molecule has 136 valence electrons. The van der Waals surface area contributed by atoms with Gasteiger partial charge in [-0.25, -0.2) is 9.59 Å². The van der Waals surface area contributed by atoms with Crippen LogP contribution in [0.3, 0.4) is 0 Å². The average Bonchev–Trinajstić information content (AvgIpc) is 3.00. The molecule has 0 aliphatic heterocycles. The van der Waals surface area contributed by atoms with Gasteiger partial charge in [0, 0.05) is 21.2 Å². The average molecular weight is 364 g/mol. The maximum atomic E-state index is 12.1. The van der Waals surface area contributed by atoms with Gasteiger partial charge in [-0.1, -0.05) is 11.8 Å². The first-order valence-electron chi connectivity index (χ1n) is 8.22. The van der Waals surface area contributed by atoms with E-state index >= 15 is 0 Å². The lowest BCUT2D eigenvalue weighted by molar-refractivity contribution is 0.0509. The quantitative estimate of drug-likeness (QED) is 0.755. The maximum Gasteiger partial charge on any atom is 0.355 e. The number of carbonyl (C=O) groups excluding carboxylic acids is 2. The minimum absolute atomic E-state index is 0.331. The summed E-state index contributed by atoms with van der Waals surface area (Å²) in [6.07, 6.45) is 0. The van der Waals surface area contributed by atoms with Gasteiger partial charge in [0.1, 0.15) is 11.4 Å². The summed E-state index contributed by atoms with van der Waals surface area (Å²) < 4.78 is 10.2. The van der Waals surface area contributed by atoms with Crippen LogP contribution in [0.1, 0.15) is 57.3 Å². The standard InChI is InChI=1S/C18H24N2O4S/c1-7-23-17(21)13-9(3)15(11(5)19-13)25-16-10(4)14(20-12(16)6)18(22)24-8-2/h19-20H,7-8H2,1-6H3. The Morgan fingerprint density at radius 3 is 1.48 bits per heavy atom. The van der Waals surface area contributed by atoms with E-state index in [4.69, 9.17) is 9.47 Å². The van der Waals surface area contributed by atoms with Crippen LogP contribution in [0.25, 0.3) is 0 Å². The molecule has 6 nitrogen and oxygen atoms in total. The van der Waals surface area contributed by atoms with Crippen LogP contribution in [0.4, 0.5) is 0 Å². The lowest BCUT2D eigenvalue weighted by atomic mass is 10.2. The minimum atomic E-state index is -0.357. The first-order chi connectivity index (χ1) is 11.8. The van der Waals surface area contributed by atoms with Crippen LogP contribution in [-0.2, 0) is 9.47 Å². The second kappa shape index (κ2) is 7.82. The van der Waals surface area contributed by atoms with E-state index in [1.54, 1.807) is 13.8 Å². The number of rotatable bonds is 6. The van der Waals surface area contributed by atoms with Crippen LogP contribution in [0.5, 0.6) is 0 Å². The van der Waals surface area contributed by atoms with Crippen molar-refractivity contribution in [2.75, 3.05) is 13.2 Å². The first-order valence-corrected chi connectivity index (χ1v) is 9.03. The predicted molar refractivity (Wildman–Crippen MR) is 96.6 cm³/mol. The molecule has 0 radical (unpaired) electrons. The van der Waals surface area contributed by atoms with Crippen molar-refractivity contribution in [3.63, 3.8) is 0 Å². The molecule has 0 atom stereocenters. The summed E-state index contributed by atoms with van der Waals surface area (Å²) in [5.41, 5.74) is 4.42. The van der Waals surface area contributed by atoms with Crippen molar-refractivity contribution in [1.82, 2.24) is 9.97 Å². The number of ether oxygens (including phenoxy) is 2. The summed E-state index contributed by atoms with van der Waals surface area (Å²) >= 11 is 1.53. The third kappa shape index (κ3) is 3.76. The van der Waals surface area contributed by atoms with Gasteiger partial charge in [-0.05, 0) is 52.7 Å². The van der Waals surface area contributed by atoms with Gasteiger partial charge in [0.2, 0.25) is 0 Å². The molecule has 2 heterocycles. The van der Waals surface area contributed by atoms with Crippen molar-refractivity contribution in [2.45, 2.75) is 51.3 Å². The van der Waals surface area contributed by atoms with E-state index in [1.807, 2.05) is 27.7 Å². The number of esters is 2. The highest BCUT2D eigenvalue weighted by molar-refractivity contribution is 7.99. The molecule has 0 aromatic carbocycles. The van der Waals surface area contributed by atoms with Crippen molar-refractivity contribution in [1.29, 1.82) is 0 Å². The Bertz CT molecular complexity index is 738. The lowest BCUT2D eigenvalue weighted by Crippen LogP contribution is -2.06. The Labute approximate surface area is 151 Å². The summed E-state index contributed by atoms with van der Waals surface area (Å²) in [4.78, 5) is 32.2. The first kappa shape index (κ1) is 19.2. The van der Waals surface area contributed by atoms with Crippen LogP contribution in [0.2, 0.25) is 0 Å². The number of hydrogen-bond donors (Lipinski definition) is 2. The second-order valence-electron chi connectivity index (χ2n) is 5.70. The minimum Gasteiger partial charge on any atom is -0.461 e. The van der Waals surface area contributed by atoms with Crippen molar-refractivity contribution >= 4 is 23.7 Å². The molecule has 0 bridgehead atoms. The fourth-order valence-electron chi connectivity index (χ4n) is 2.69. The van der Waals surface area contributed by atoms with Gasteiger partial charge >= 0.3 is 11.9 Å². The molecule has 0 saturated heterocycles. The molecular weight excluding hydrogens is 340 g/mol. The van der Waals surface area contributed by atoms with E-state index in [9.17, 15) is 9.59 Å². The molecule has 0 aliphatic rings. The number of aromatic amines is 2. The Morgan fingerprint density at radius 2 is 1.16 bits per heavy atom. The van der Waals surface area contributed by atoms with Crippen LogP contribution in [-0.4, -0.2) is 35.1 Å². The Kier molecular flexibility index (Phi) is 6.00. The molecule has 0 unspecified atom stereocenters. The maximum absolute atomic E-state index is 12.1. The van der Waals surface area contributed by atoms with Gasteiger partial charge in [-0.15, -0.1) is 0 Å². The van der Waals surface area contributed by atoms with Gasteiger partial charge in [0.15, 0.2) is 0 Å². The molecule has 2 aromatic rings. The zero-order valence-electron chi connectivity index (χ0n) is 15.5. The SMILES string of the molecule is CCOC(=O)c1[nH]c(C)c(Sc2c(C)[nH]c(C(=O)OCC)c2C)c1C.